The maximum absolute atomic E-state index is 12.9. The molecule has 0 aromatic carbocycles. The van der Waals surface area contributed by atoms with Gasteiger partial charge in [0.1, 0.15) is 42.7 Å². The smallest absolute Gasteiger partial charge is 0.457 e. The molecule has 0 amide bonds. The number of hydrogen-bond acceptors (Lipinski definition) is 11. The Kier molecular flexibility index (Phi) is 40.9. The molecule has 6 unspecified atom stereocenters. The van der Waals surface area contributed by atoms with Gasteiger partial charge < -0.3 is 39.9 Å². The van der Waals surface area contributed by atoms with Gasteiger partial charge in [-0.15, -0.1) is 0 Å². The van der Waals surface area contributed by atoms with Gasteiger partial charge in [0, 0.05) is 13.0 Å². The number of carbonyl (C=O) groups excluding carboxylic acids is 1. The third kappa shape index (κ3) is 34.6. The lowest BCUT2D eigenvalue weighted by atomic mass is 9.85. The molecule has 0 heterocycles. The summed E-state index contributed by atoms with van der Waals surface area (Å²) in [6.45, 7) is 4.17. The first-order chi connectivity index (χ1) is 32.0. The van der Waals surface area contributed by atoms with E-state index in [1.165, 1.54) is 116 Å². The van der Waals surface area contributed by atoms with E-state index in [9.17, 15) is 39.8 Å². The number of esters is 1. The summed E-state index contributed by atoms with van der Waals surface area (Å²) in [5, 5.41) is 50.3. The number of allylic oxidation sites excluding steroid dienone is 8. The molecule has 0 radical (unpaired) electrons. The molecule has 0 spiro atoms. The summed E-state index contributed by atoms with van der Waals surface area (Å²) in [7, 11) is -5.03. The normalized spacial score (nSPS) is 21.8. The zero-order chi connectivity index (χ0) is 48.4. The molecule has 0 aliphatic heterocycles. The fourth-order valence-electron chi connectivity index (χ4n) is 8.05. The maximum atomic E-state index is 12.9. The van der Waals surface area contributed by atoms with Gasteiger partial charge in [-0.05, 0) is 51.4 Å². The molecule has 66 heavy (non-hydrogen) atoms. The van der Waals surface area contributed by atoms with Gasteiger partial charge in [0.05, 0.1) is 13.2 Å². The largest absolute Gasteiger partial charge is 0.472 e. The maximum Gasteiger partial charge on any atom is 0.472 e. The van der Waals surface area contributed by atoms with Crippen molar-refractivity contribution in [1.29, 1.82) is 0 Å². The first kappa shape index (κ1) is 62.3. The number of phosphoric acid groups is 1. The van der Waals surface area contributed by atoms with Crippen LogP contribution in [0.3, 0.4) is 0 Å². The zero-order valence-electron chi connectivity index (χ0n) is 41.5. The van der Waals surface area contributed by atoms with Crippen LogP contribution >= 0.6 is 7.82 Å². The molecule has 0 aromatic rings. The highest BCUT2D eigenvalue weighted by molar-refractivity contribution is 7.47. The lowest BCUT2D eigenvalue weighted by Crippen LogP contribution is -2.64. The Morgan fingerprint density at radius 2 is 0.894 bits per heavy atom. The van der Waals surface area contributed by atoms with E-state index in [2.05, 4.69) is 62.5 Å². The van der Waals surface area contributed by atoms with Crippen LogP contribution in [0.15, 0.2) is 48.6 Å². The second kappa shape index (κ2) is 43.3. The summed E-state index contributed by atoms with van der Waals surface area (Å²) in [5.74, 6) is -0.483. The highest BCUT2D eigenvalue weighted by Gasteiger charge is 2.51. The summed E-state index contributed by atoms with van der Waals surface area (Å²) in [5.41, 5.74) is 0. The molecule has 12 nitrogen and oxygen atoms in total. The van der Waals surface area contributed by atoms with Gasteiger partial charge in [-0.2, -0.15) is 0 Å². The molecular weight excluding hydrogens is 860 g/mol. The van der Waals surface area contributed by atoms with Crippen molar-refractivity contribution in [3.63, 3.8) is 0 Å². The number of hydrogen-bond donors (Lipinski definition) is 6. The molecule has 1 fully saturated rings. The third-order valence-corrected chi connectivity index (χ3v) is 13.2. The lowest BCUT2D eigenvalue weighted by molar-refractivity contribution is -0.220. The summed E-state index contributed by atoms with van der Waals surface area (Å²) in [6.07, 6.45) is 41.7. The van der Waals surface area contributed by atoms with Crippen LogP contribution < -0.4 is 0 Å². The summed E-state index contributed by atoms with van der Waals surface area (Å²) in [6, 6.07) is 0. The van der Waals surface area contributed by atoms with Gasteiger partial charge in [-0.25, -0.2) is 4.57 Å². The van der Waals surface area contributed by atoms with Gasteiger partial charge in [0.15, 0.2) is 0 Å². The quantitative estimate of drug-likeness (QED) is 0.0147. The predicted molar refractivity (Wildman–Crippen MR) is 267 cm³/mol. The van der Waals surface area contributed by atoms with Crippen molar-refractivity contribution in [2.45, 2.75) is 262 Å². The van der Waals surface area contributed by atoms with Crippen molar-refractivity contribution in [3.05, 3.63) is 48.6 Å². The van der Waals surface area contributed by atoms with E-state index < -0.39 is 63.1 Å². The second-order valence-corrected chi connectivity index (χ2v) is 19.8. The number of unbranched alkanes of at least 4 members (excludes halogenated alkanes) is 25. The van der Waals surface area contributed by atoms with Crippen LogP contribution in [0, 0.1) is 0 Å². The van der Waals surface area contributed by atoms with Crippen LogP contribution in [0.1, 0.15) is 219 Å². The first-order valence-corrected chi connectivity index (χ1v) is 28.0. The molecule has 0 saturated heterocycles. The van der Waals surface area contributed by atoms with Crippen molar-refractivity contribution in [3.8, 4) is 0 Å². The van der Waals surface area contributed by atoms with E-state index in [1.54, 1.807) is 0 Å². The lowest BCUT2D eigenvalue weighted by Gasteiger charge is -2.41. The number of carbonyl (C=O) groups is 1. The van der Waals surface area contributed by atoms with Crippen molar-refractivity contribution in [1.82, 2.24) is 0 Å². The van der Waals surface area contributed by atoms with E-state index in [4.69, 9.17) is 18.5 Å². The molecule has 0 bridgehead atoms. The van der Waals surface area contributed by atoms with Crippen molar-refractivity contribution < 1.29 is 58.3 Å². The number of rotatable bonds is 45. The first-order valence-electron chi connectivity index (χ1n) is 26.5. The topological polar surface area (TPSA) is 192 Å². The Hall–Kier alpha value is -1.70. The Morgan fingerprint density at radius 3 is 1.36 bits per heavy atom. The third-order valence-electron chi connectivity index (χ3n) is 12.2. The molecular formula is C53H97O12P. The number of ether oxygens (including phenoxy) is 2. The van der Waals surface area contributed by atoms with Gasteiger partial charge in [-0.1, -0.05) is 210 Å². The molecule has 1 saturated carbocycles. The molecule has 1 aliphatic carbocycles. The fraction of sp³-hybridized carbons (Fsp3) is 0.830. The van der Waals surface area contributed by atoms with E-state index >= 15 is 0 Å². The van der Waals surface area contributed by atoms with Crippen LogP contribution in [0.25, 0.3) is 0 Å². The molecule has 386 valence electrons. The average molecular weight is 957 g/mol. The minimum atomic E-state index is -5.03. The van der Waals surface area contributed by atoms with Gasteiger partial charge in [0.25, 0.3) is 0 Å². The zero-order valence-corrected chi connectivity index (χ0v) is 42.4. The van der Waals surface area contributed by atoms with Crippen molar-refractivity contribution in [2.75, 3.05) is 19.8 Å². The molecule has 1 rings (SSSR count). The van der Waals surface area contributed by atoms with Crippen LogP contribution in [0.2, 0.25) is 0 Å². The number of phosphoric ester groups is 1. The summed E-state index contributed by atoms with van der Waals surface area (Å²) in [4.78, 5) is 23.3. The Balaban J connectivity index is 2.33. The van der Waals surface area contributed by atoms with E-state index in [0.717, 1.165) is 77.0 Å². The van der Waals surface area contributed by atoms with Gasteiger partial charge in [-0.3, -0.25) is 13.8 Å². The number of aliphatic hydroxyl groups excluding tert-OH is 5. The highest BCUT2D eigenvalue weighted by atomic mass is 31.2. The van der Waals surface area contributed by atoms with Crippen LogP contribution in [0.5, 0.6) is 0 Å². The molecule has 0 aromatic heterocycles. The molecule has 6 N–H and O–H groups in total. The van der Waals surface area contributed by atoms with Gasteiger partial charge in [0.2, 0.25) is 0 Å². The molecule has 1 aliphatic rings. The van der Waals surface area contributed by atoms with Crippen LogP contribution in [-0.2, 0) is 27.9 Å². The Bertz CT molecular complexity index is 1270. The summed E-state index contributed by atoms with van der Waals surface area (Å²) < 4.78 is 34.3. The second-order valence-electron chi connectivity index (χ2n) is 18.4. The average Bonchev–Trinajstić information content (AvgIpc) is 3.30. The molecule has 13 heteroatoms. The Labute approximate surface area is 401 Å². The molecule has 6 atom stereocenters. The predicted octanol–water partition coefficient (Wildman–Crippen LogP) is 12.0. The van der Waals surface area contributed by atoms with Gasteiger partial charge >= 0.3 is 13.8 Å². The van der Waals surface area contributed by atoms with Crippen LogP contribution in [0.4, 0.5) is 0 Å². The van der Waals surface area contributed by atoms with E-state index in [0.29, 0.717) is 13.0 Å². The van der Waals surface area contributed by atoms with Crippen molar-refractivity contribution >= 4 is 13.8 Å². The minimum absolute atomic E-state index is 0.0781. The van der Waals surface area contributed by atoms with Crippen molar-refractivity contribution in [2.24, 2.45) is 0 Å². The SMILES string of the molecule is CC/C=C\C/C=C\C/C=C\C/C=C\CCCCCCCCCCC(=O)OC(COCCCCCCCCCCCCCCCCCCCC)COP(=O)(O)OC1C(O)C(O)C(O)C(O)C1O. The van der Waals surface area contributed by atoms with E-state index in [-0.39, 0.29) is 13.0 Å². The number of aliphatic hydroxyl groups is 5. The van der Waals surface area contributed by atoms with E-state index in [1.807, 2.05) is 0 Å². The van der Waals surface area contributed by atoms with Crippen LogP contribution in [-0.4, -0.2) is 98.9 Å². The minimum Gasteiger partial charge on any atom is -0.457 e. The summed E-state index contributed by atoms with van der Waals surface area (Å²) >= 11 is 0. The Morgan fingerprint density at radius 1 is 0.500 bits per heavy atom. The standard InChI is InChI=1S/C53H97O12P/c1-3-5-7-9-11-13-15-17-19-21-23-24-25-26-28-30-32-34-36-38-40-42-47(54)64-46(45-63-66(60,61)65-53-51(58)49(56)48(55)50(57)52(53)59)44-62-43-41-39-37-35-33-31-29-27-22-20-18-16-14-12-10-8-6-4-2/h5,7,11,13,17,19,23-24,46,48-53,55-59H,3-4,6,8-10,12,14-16,18,20-22,25-45H2,1-2H3,(H,60,61)/b7-5-,13-11-,19-17-,24-23-. The monoisotopic (exact) mass is 957 g/mol. The highest BCUT2D eigenvalue weighted by Crippen LogP contribution is 2.47. The fourth-order valence-corrected chi connectivity index (χ4v) is 9.03.